The molecule has 0 spiro atoms. The lowest BCUT2D eigenvalue weighted by atomic mass is 9.49. The summed E-state index contributed by atoms with van der Waals surface area (Å²) in [7, 11) is 3.62. The molecule has 0 unspecified atom stereocenters. The molecule has 0 aliphatic heterocycles. The Kier molecular flexibility index (Phi) is 4.12. The highest BCUT2D eigenvalue weighted by molar-refractivity contribution is 5.87. The molecule has 0 saturated heterocycles. The highest BCUT2D eigenvalue weighted by Crippen LogP contribution is 2.62. The quantitative estimate of drug-likeness (QED) is 0.700. The van der Waals surface area contributed by atoms with Crippen molar-refractivity contribution < 1.29 is 14.3 Å². The summed E-state index contributed by atoms with van der Waals surface area (Å²) < 4.78 is 11.7. The van der Waals surface area contributed by atoms with E-state index < -0.39 is 0 Å². The number of rotatable bonds is 2. The van der Waals surface area contributed by atoms with Crippen LogP contribution in [0.3, 0.4) is 0 Å². The van der Waals surface area contributed by atoms with Gasteiger partial charge in [-0.05, 0) is 68.1 Å². The predicted molar refractivity (Wildman–Crippen MR) is 93.4 cm³/mol. The largest absolute Gasteiger partial charge is 0.353 e. The molecule has 4 aliphatic rings. The molecule has 136 valence electrons. The highest BCUT2D eigenvalue weighted by Gasteiger charge is 2.59. The molecule has 4 aliphatic carbocycles. The van der Waals surface area contributed by atoms with Gasteiger partial charge in [0, 0.05) is 38.4 Å². The van der Waals surface area contributed by atoms with Crippen LogP contribution in [0.1, 0.15) is 65.2 Å². The van der Waals surface area contributed by atoms with Crippen LogP contribution in [0.4, 0.5) is 0 Å². The number of Topliss-reactive ketones (excluding diaryl/α,β-unsaturated/α-hetero) is 1. The first kappa shape index (κ1) is 17.0. The van der Waals surface area contributed by atoms with Crippen molar-refractivity contribution in [2.45, 2.75) is 71.0 Å². The molecule has 0 heterocycles. The third kappa shape index (κ3) is 2.19. The van der Waals surface area contributed by atoms with E-state index in [9.17, 15) is 4.79 Å². The first-order chi connectivity index (χ1) is 11.4. The number of hydrogen-bond donors (Lipinski definition) is 0. The minimum Gasteiger partial charge on any atom is -0.353 e. The number of ether oxygens (including phenoxy) is 2. The Bertz CT molecular complexity index is 511. The van der Waals surface area contributed by atoms with E-state index in [1.807, 2.05) is 14.2 Å². The fourth-order valence-electron chi connectivity index (χ4n) is 7.43. The lowest BCUT2D eigenvalue weighted by molar-refractivity contribution is -0.273. The summed E-state index contributed by atoms with van der Waals surface area (Å²) in [5.74, 6) is 4.48. The number of methoxy groups -OCH3 is 2. The van der Waals surface area contributed by atoms with Gasteiger partial charge in [0.25, 0.3) is 0 Å². The van der Waals surface area contributed by atoms with Crippen molar-refractivity contribution in [2.75, 3.05) is 14.2 Å². The van der Waals surface area contributed by atoms with Crippen LogP contribution in [0.2, 0.25) is 0 Å². The Hall–Kier alpha value is -0.410. The molecule has 4 fully saturated rings. The summed E-state index contributed by atoms with van der Waals surface area (Å²) in [6, 6.07) is 0. The monoisotopic (exact) mass is 334 g/mol. The van der Waals surface area contributed by atoms with Crippen LogP contribution in [-0.4, -0.2) is 25.8 Å². The first-order valence-corrected chi connectivity index (χ1v) is 10.1. The van der Waals surface area contributed by atoms with Crippen molar-refractivity contribution in [3.63, 3.8) is 0 Å². The standard InChI is InChI=1S/C21H34O3/c1-13-11-17-14(12-21(13,23-3)24-4)5-6-16-15(17)9-10-20(2)18(16)7-8-19(20)22/h13-18H,5-12H2,1-4H3/t13-,14-,15-,16+,17-,18-,20-/m0/s1. The Balaban J connectivity index is 1.57. The highest BCUT2D eigenvalue weighted by atomic mass is 16.7. The normalized spacial score (nSPS) is 50.1. The maximum atomic E-state index is 12.5. The Labute approximate surface area is 146 Å². The lowest BCUT2D eigenvalue weighted by Crippen LogP contribution is -2.54. The number of hydrogen-bond acceptors (Lipinski definition) is 3. The Morgan fingerprint density at radius 3 is 2.46 bits per heavy atom. The van der Waals surface area contributed by atoms with Crippen molar-refractivity contribution >= 4 is 5.78 Å². The summed E-state index contributed by atoms with van der Waals surface area (Å²) >= 11 is 0. The third-order valence-corrected chi connectivity index (χ3v) is 8.84. The lowest BCUT2D eigenvalue weighted by Gasteiger charge is -2.57. The molecule has 3 nitrogen and oxygen atoms in total. The van der Waals surface area contributed by atoms with Crippen molar-refractivity contribution in [1.82, 2.24) is 0 Å². The van der Waals surface area contributed by atoms with E-state index in [-0.39, 0.29) is 11.2 Å². The van der Waals surface area contributed by atoms with Crippen LogP contribution >= 0.6 is 0 Å². The Morgan fingerprint density at radius 1 is 1.00 bits per heavy atom. The van der Waals surface area contributed by atoms with Gasteiger partial charge >= 0.3 is 0 Å². The fourth-order valence-corrected chi connectivity index (χ4v) is 7.43. The average Bonchev–Trinajstić information content (AvgIpc) is 2.89. The van der Waals surface area contributed by atoms with E-state index in [1.54, 1.807) is 0 Å². The van der Waals surface area contributed by atoms with Gasteiger partial charge in [0.1, 0.15) is 5.78 Å². The van der Waals surface area contributed by atoms with Gasteiger partial charge < -0.3 is 9.47 Å². The Morgan fingerprint density at radius 2 is 1.75 bits per heavy atom. The molecule has 0 N–H and O–H groups in total. The van der Waals surface area contributed by atoms with Gasteiger partial charge in [-0.2, -0.15) is 0 Å². The molecule has 4 saturated carbocycles. The second kappa shape index (κ2) is 5.81. The molecule has 7 atom stereocenters. The second-order valence-corrected chi connectivity index (χ2v) is 9.41. The van der Waals surface area contributed by atoms with Gasteiger partial charge in [-0.3, -0.25) is 4.79 Å². The third-order valence-electron chi connectivity index (χ3n) is 8.84. The van der Waals surface area contributed by atoms with E-state index in [2.05, 4.69) is 13.8 Å². The zero-order valence-electron chi connectivity index (χ0n) is 15.8. The first-order valence-electron chi connectivity index (χ1n) is 10.1. The average molecular weight is 335 g/mol. The van der Waals surface area contributed by atoms with Gasteiger partial charge in [-0.15, -0.1) is 0 Å². The van der Waals surface area contributed by atoms with Crippen molar-refractivity contribution in [3.05, 3.63) is 0 Å². The van der Waals surface area contributed by atoms with E-state index in [0.29, 0.717) is 17.6 Å². The van der Waals surface area contributed by atoms with E-state index >= 15 is 0 Å². The number of carbonyl (C=O) groups excluding carboxylic acids is 1. The predicted octanol–water partition coefficient (Wildman–Crippen LogP) is 4.44. The second-order valence-electron chi connectivity index (χ2n) is 9.41. The fraction of sp³-hybridized carbons (Fsp3) is 0.952. The molecule has 3 heteroatoms. The smallest absolute Gasteiger partial charge is 0.170 e. The maximum Gasteiger partial charge on any atom is 0.170 e. The molecule has 24 heavy (non-hydrogen) atoms. The zero-order valence-corrected chi connectivity index (χ0v) is 15.8. The van der Waals surface area contributed by atoms with Gasteiger partial charge in [0.15, 0.2) is 5.79 Å². The molecule has 0 aromatic heterocycles. The van der Waals surface area contributed by atoms with Gasteiger partial charge in [0.05, 0.1) is 0 Å². The number of fused-ring (bicyclic) bond motifs is 5. The van der Waals surface area contributed by atoms with Gasteiger partial charge in [-0.25, -0.2) is 0 Å². The molecular formula is C21H34O3. The molecule has 0 aromatic carbocycles. The maximum absolute atomic E-state index is 12.5. The molecule has 4 rings (SSSR count). The van der Waals surface area contributed by atoms with E-state index in [0.717, 1.165) is 49.4 Å². The molecule has 0 bridgehead atoms. The van der Waals surface area contributed by atoms with Crippen molar-refractivity contribution in [1.29, 1.82) is 0 Å². The van der Waals surface area contributed by atoms with Crippen LogP contribution in [0.15, 0.2) is 0 Å². The number of ketones is 1. The number of carbonyl (C=O) groups is 1. The van der Waals surface area contributed by atoms with Crippen molar-refractivity contribution in [3.8, 4) is 0 Å². The molecular weight excluding hydrogens is 300 g/mol. The molecule has 0 aromatic rings. The summed E-state index contributed by atoms with van der Waals surface area (Å²) in [5, 5.41) is 0. The zero-order chi connectivity index (χ0) is 17.1. The van der Waals surface area contributed by atoms with Crippen LogP contribution < -0.4 is 0 Å². The minimum atomic E-state index is -0.374. The van der Waals surface area contributed by atoms with E-state index in [1.165, 1.54) is 25.7 Å². The summed E-state index contributed by atoms with van der Waals surface area (Å²) in [6.07, 6.45) is 9.29. The van der Waals surface area contributed by atoms with Crippen LogP contribution in [-0.2, 0) is 14.3 Å². The van der Waals surface area contributed by atoms with E-state index in [4.69, 9.17) is 9.47 Å². The molecule has 0 amide bonds. The summed E-state index contributed by atoms with van der Waals surface area (Å²) in [6.45, 7) is 4.58. The summed E-state index contributed by atoms with van der Waals surface area (Å²) in [4.78, 5) is 12.5. The van der Waals surface area contributed by atoms with Crippen molar-refractivity contribution in [2.24, 2.45) is 40.9 Å². The van der Waals surface area contributed by atoms with Crippen LogP contribution in [0.25, 0.3) is 0 Å². The summed E-state index contributed by atoms with van der Waals surface area (Å²) in [5.41, 5.74) is 0.0110. The van der Waals surface area contributed by atoms with Crippen LogP contribution in [0, 0.1) is 40.9 Å². The molecule has 0 radical (unpaired) electrons. The minimum absolute atomic E-state index is 0.0110. The van der Waals surface area contributed by atoms with Gasteiger partial charge in [-0.1, -0.05) is 13.8 Å². The topological polar surface area (TPSA) is 35.5 Å². The SMILES string of the molecule is COC1(OC)C[C@@H]2CC[C@@H]3[C@H](CC[C@]4(C)C(=O)CC[C@@H]34)[C@H]2C[C@@H]1C. The van der Waals surface area contributed by atoms with Gasteiger partial charge in [0.2, 0.25) is 0 Å². The van der Waals surface area contributed by atoms with Crippen LogP contribution in [0.5, 0.6) is 0 Å².